The molecule has 1 unspecified atom stereocenters. The summed E-state index contributed by atoms with van der Waals surface area (Å²) in [6.07, 6.45) is -0.0272. The molecule has 0 fully saturated rings. The Hall–Kier alpha value is -1.07. The average Bonchev–Trinajstić information content (AvgIpc) is 2.34. The van der Waals surface area contributed by atoms with Crippen LogP contribution in [0.5, 0.6) is 5.75 Å². The highest BCUT2D eigenvalue weighted by Crippen LogP contribution is 2.24. The molecule has 0 bridgehead atoms. The van der Waals surface area contributed by atoms with E-state index in [0.29, 0.717) is 18.7 Å². The lowest BCUT2D eigenvalue weighted by Gasteiger charge is -2.21. The molecule has 5 heteroatoms. The maximum Gasteiger partial charge on any atom is 0.258 e. The third-order valence-electron chi connectivity index (χ3n) is 2.79. The molecule has 4 nitrogen and oxygen atoms in total. The Morgan fingerprint density at radius 2 is 2.10 bits per heavy atom. The van der Waals surface area contributed by atoms with Crippen LogP contribution in [0.15, 0.2) is 22.7 Å². The highest BCUT2D eigenvalue weighted by Gasteiger charge is 2.16. The smallest absolute Gasteiger partial charge is 0.258 e. The molecule has 0 aliphatic heterocycles. The van der Waals surface area contributed by atoms with E-state index in [1.54, 1.807) is 0 Å². The van der Waals surface area contributed by atoms with Crippen molar-refractivity contribution in [1.82, 2.24) is 5.32 Å². The molecule has 0 radical (unpaired) electrons. The Balaban J connectivity index is 2.82. The number of amides is 1. The van der Waals surface area contributed by atoms with E-state index in [2.05, 4.69) is 42.0 Å². The van der Waals surface area contributed by atoms with Crippen LogP contribution in [0.1, 0.15) is 39.7 Å². The molecular weight excluding hydrogens is 320 g/mol. The summed E-state index contributed by atoms with van der Waals surface area (Å²) in [6.45, 7) is 8.93. The lowest BCUT2D eigenvalue weighted by Crippen LogP contribution is -2.35. The highest BCUT2D eigenvalue weighted by molar-refractivity contribution is 9.10. The summed E-state index contributed by atoms with van der Waals surface area (Å²) in [4.78, 5) is 11.2. The summed E-state index contributed by atoms with van der Waals surface area (Å²) in [5.41, 5.74) is 6.41. The zero-order chi connectivity index (χ0) is 15.3. The standard InChI is InChI=1S/C15H23BrN2O2/c1-5-13(14(17)19)20-11-6-7-12(16)10(8-11)9-18-15(2,3)4/h6-8,13,18H,5,9H2,1-4H3,(H2,17,19). The first kappa shape index (κ1) is 17.0. The summed E-state index contributed by atoms with van der Waals surface area (Å²) >= 11 is 3.52. The molecule has 20 heavy (non-hydrogen) atoms. The SMILES string of the molecule is CCC(Oc1ccc(Br)c(CNC(C)(C)C)c1)C(N)=O. The molecule has 1 amide bonds. The number of hydrogen-bond donors (Lipinski definition) is 2. The van der Waals surface area contributed by atoms with Crippen LogP contribution in [-0.4, -0.2) is 17.6 Å². The zero-order valence-electron chi connectivity index (χ0n) is 12.5. The van der Waals surface area contributed by atoms with Crippen molar-refractivity contribution in [2.24, 2.45) is 5.73 Å². The van der Waals surface area contributed by atoms with Gasteiger partial charge in [0.05, 0.1) is 0 Å². The maximum absolute atomic E-state index is 11.2. The van der Waals surface area contributed by atoms with Crippen molar-refractivity contribution < 1.29 is 9.53 Å². The second-order valence-corrected chi connectivity index (χ2v) is 6.63. The Labute approximate surface area is 129 Å². The fraction of sp³-hybridized carbons (Fsp3) is 0.533. The van der Waals surface area contributed by atoms with Gasteiger partial charge < -0.3 is 15.8 Å². The summed E-state index contributed by atoms with van der Waals surface area (Å²) in [6, 6.07) is 5.67. The Bertz CT molecular complexity index is 469. The molecule has 1 atom stereocenters. The fourth-order valence-electron chi connectivity index (χ4n) is 1.63. The molecule has 0 heterocycles. The summed E-state index contributed by atoms with van der Waals surface area (Å²) in [5.74, 6) is 0.217. The van der Waals surface area contributed by atoms with Gasteiger partial charge in [-0.25, -0.2) is 0 Å². The van der Waals surface area contributed by atoms with Crippen LogP contribution in [-0.2, 0) is 11.3 Å². The van der Waals surface area contributed by atoms with Crippen LogP contribution in [0.25, 0.3) is 0 Å². The largest absolute Gasteiger partial charge is 0.481 e. The molecule has 0 saturated heterocycles. The normalized spacial score (nSPS) is 13.1. The number of rotatable bonds is 6. The van der Waals surface area contributed by atoms with Crippen molar-refractivity contribution in [2.45, 2.75) is 52.3 Å². The van der Waals surface area contributed by atoms with Gasteiger partial charge in [0.2, 0.25) is 0 Å². The van der Waals surface area contributed by atoms with Gasteiger partial charge >= 0.3 is 0 Å². The molecule has 0 saturated carbocycles. The minimum atomic E-state index is -0.584. The average molecular weight is 343 g/mol. The van der Waals surface area contributed by atoms with Crippen molar-refractivity contribution in [2.75, 3.05) is 0 Å². The van der Waals surface area contributed by atoms with E-state index >= 15 is 0 Å². The third-order valence-corrected chi connectivity index (χ3v) is 3.57. The Morgan fingerprint density at radius 3 is 2.60 bits per heavy atom. The van der Waals surface area contributed by atoms with Gasteiger partial charge in [0.1, 0.15) is 5.75 Å². The minimum Gasteiger partial charge on any atom is -0.481 e. The van der Waals surface area contributed by atoms with Crippen molar-refractivity contribution in [1.29, 1.82) is 0 Å². The van der Waals surface area contributed by atoms with Gasteiger partial charge in [0.25, 0.3) is 5.91 Å². The highest BCUT2D eigenvalue weighted by atomic mass is 79.9. The minimum absolute atomic E-state index is 0.0372. The summed E-state index contributed by atoms with van der Waals surface area (Å²) < 4.78 is 6.64. The van der Waals surface area contributed by atoms with Crippen LogP contribution in [0.2, 0.25) is 0 Å². The molecule has 0 aromatic heterocycles. The second-order valence-electron chi connectivity index (χ2n) is 5.77. The van der Waals surface area contributed by atoms with Gasteiger partial charge in [-0.2, -0.15) is 0 Å². The first-order valence-electron chi connectivity index (χ1n) is 6.72. The van der Waals surface area contributed by atoms with Gasteiger partial charge in [0, 0.05) is 16.6 Å². The summed E-state index contributed by atoms with van der Waals surface area (Å²) in [5, 5.41) is 3.42. The number of nitrogens with two attached hydrogens (primary N) is 1. The number of nitrogens with one attached hydrogen (secondary N) is 1. The van der Waals surface area contributed by atoms with Gasteiger partial charge in [-0.3, -0.25) is 4.79 Å². The Kier molecular flexibility index (Phi) is 6.02. The number of carbonyl (C=O) groups is 1. The predicted molar refractivity (Wildman–Crippen MR) is 84.6 cm³/mol. The van der Waals surface area contributed by atoms with Gasteiger partial charge in [-0.15, -0.1) is 0 Å². The zero-order valence-corrected chi connectivity index (χ0v) is 14.1. The number of hydrogen-bond acceptors (Lipinski definition) is 3. The van der Waals surface area contributed by atoms with E-state index in [1.807, 2.05) is 25.1 Å². The second kappa shape index (κ2) is 7.09. The number of ether oxygens (including phenoxy) is 1. The number of primary amides is 1. The predicted octanol–water partition coefficient (Wildman–Crippen LogP) is 2.98. The van der Waals surface area contributed by atoms with Crippen LogP contribution in [0.3, 0.4) is 0 Å². The quantitative estimate of drug-likeness (QED) is 0.835. The van der Waals surface area contributed by atoms with E-state index in [-0.39, 0.29) is 5.54 Å². The molecule has 1 rings (SSSR count). The van der Waals surface area contributed by atoms with E-state index in [4.69, 9.17) is 10.5 Å². The molecule has 0 aliphatic rings. The molecule has 0 aliphatic carbocycles. The van der Waals surface area contributed by atoms with E-state index < -0.39 is 12.0 Å². The molecule has 1 aromatic carbocycles. The van der Waals surface area contributed by atoms with Crippen molar-refractivity contribution in [3.8, 4) is 5.75 Å². The van der Waals surface area contributed by atoms with E-state index in [0.717, 1.165) is 10.0 Å². The molecular formula is C15H23BrN2O2. The van der Waals surface area contributed by atoms with Gasteiger partial charge in [-0.05, 0) is 51.0 Å². The van der Waals surface area contributed by atoms with Crippen molar-refractivity contribution in [3.63, 3.8) is 0 Å². The molecule has 1 aromatic rings. The fourth-order valence-corrected chi connectivity index (χ4v) is 2.01. The van der Waals surface area contributed by atoms with Gasteiger partial charge in [0.15, 0.2) is 6.10 Å². The first-order chi connectivity index (χ1) is 9.23. The van der Waals surface area contributed by atoms with Crippen LogP contribution < -0.4 is 15.8 Å². The van der Waals surface area contributed by atoms with Crippen LogP contribution in [0.4, 0.5) is 0 Å². The lowest BCUT2D eigenvalue weighted by atomic mass is 10.1. The van der Waals surface area contributed by atoms with E-state index in [1.165, 1.54) is 0 Å². The van der Waals surface area contributed by atoms with Crippen molar-refractivity contribution in [3.05, 3.63) is 28.2 Å². The Morgan fingerprint density at radius 1 is 1.45 bits per heavy atom. The number of benzene rings is 1. The van der Waals surface area contributed by atoms with Crippen LogP contribution in [0, 0.1) is 0 Å². The third kappa shape index (κ3) is 5.51. The number of carbonyl (C=O) groups excluding carboxylic acids is 1. The maximum atomic E-state index is 11.2. The topological polar surface area (TPSA) is 64.3 Å². The number of halogens is 1. The first-order valence-corrected chi connectivity index (χ1v) is 7.51. The van der Waals surface area contributed by atoms with Crippen molar-refractivity contribution >= 4 is 21.8 Å². The lowest BCUT2D eigenvalue weighted by molar-refractivity contribution is -0.124. The van der Waals surface area contributed by atoms with E-state index in [9.17, 15) is 4.79 Å². The summed E-state index contributed by atoms with van der Waals surface area (Å²) in [7, 11) is 0. The molecule has 112 valence electrons. The van der Waals surface area contributed by atoms with Gasteiger partial charge in [-0.1, -0.05) is 22.9 Å². The van der Waals surface area contributed by atoms with Crippen LogP contribution >= 0.6 is 15.9 Å². The molecule has 0 spiro atoms. The monoisotopic (exact) mass is 342 g/mol. The molecule has 3 N–H and O–H groups in total.